The van der Waals surface area contributed by atoms with Crippen LogP contribution in [0.5, 0.6) is 0 Å². The smallest absolute Gasteiger partial charge is 0.174 e. The largest absolute Gasteiger partial charge is 0.595 e. The van der Waals surface area contributed by atoms with Gasteiger partial charge in [0.15, 0.2) is 5.69 Å². The highest BCUT2D eigenvalue weighted by atomic mass is 19.1. The van der Waals surface area contributed by atoms with Crippen LogP contribution in [0, 0.1) is 11.0 Å². The Labute approximate surface area is 81.9 Å². The zero-order valence-electron chi connectivity index (χ0n) is 8.13. The molecule has 0 saturated heterocycles. The lowest BCUT2D eigenvalue weighted by atomic mass is 10.1. The van der Waals surface area contributed by atoms with E-state index in [-0.39, 0.29) is 11.3 Å². The molecule has 0 aliphatic heterocycles. The van der Waals surface area contributed by atoms with Gasteiger partial charge in [0.2, 0.25) is 0 Å². The van der Waals surface area contributed by atoms with Gasteiger partial charge in [0.1, 0.15) is 5.82 Å². The quantitative estimate of drug-likeness (QED) is 0.744. The second kappa shape index (κ2) is 4.32. The van der Waals surface area contributed by atoms with Crippen molar-refractivity contribution in [3.05, 3.63) is 41.4 Å². The monoisotopic (exact) mass is 197 g/mol. The van der Waals surface area contributed by atoms with Gasteiger partial charge >= 0.3 is 0 Å². The highest BCUT2D eigenvalue weighted by molar-refractivity contribution is 5.69. The van der Waals surface area contributed by atoms with Gasteiger partial charge < -0.3 is 5.21 Å². The van der Waals surface area contributed by atoms with Crippen LogP contribution < -0.4 is 5.23 Å². The summed E-state index contributed by atoms with van der Waals surface area (Å²) in [6, 6.07) is 4.27. The fourth-order valence-electron chi connectivity index (χ4n) is 1.24. The van der Waals surface area contributed by atoms with Gasteiger partial charge in [-0.1, -0.05) is 12.6 Å². The van der Waals surface area contributed by atoms with Crippen molar-refractivity contribution in [1.29, 1.82) is 0 Å². The van der Waals surface area contributed by atoms with E-state index in [4.69, 9.17) is 0 Å². The molecule has 0 aliphatic carbocycles. The van der Waals surface area contributed by atoms with Crippen molar-refractivity contribution >= 4 is 11.3 Å². The molecule has 0 fully saturated rings. The number of quaternary nitrogens is 1. The van der Waals surface area contributed by atoms with Crippen LogP contribution in [0.2, 0.25) is 0 Å². The maximum atomic E-state index is 13.3. The predicted molar refractivity (Wildman–Crippen MR) is 52.1 cm³/mol. The molecule has 1 N–H and O–H groups in total. The van der Waals surface area contributed by atoms with Crippen LogP contribution >= 0.6 is 0 Å². The van der Waals surface area contributed by atoms with E-state index in [1.165, 1.54) is 25.3 Å². The lowest BCUT2D eigenvalue weighted by Gasteiger charge is -2.19. The fourth-order valence-corrected chi connectivity index (χ4v) is 1.24. The minimum Gasteiger partial charge on any atom is -0.595 e. The first-order valence-corrected chi connectivity index (χ1v) is 4.10. The van der Waals surface area contributed by atoms with E-state index in [1.54, 1.807) is 6.92 Å². The van der Waals surface area contributed by atoms with Crippen molar-refractivity contribution in [1.82, 2.24) is 0 Å². The number of allylic oxidation sites excluding steroid dienone is 1. The lowest BCUT2D eigenvalue weighted by molar-refractivity contribution is -0.992. The SMILES string of the molecule is C=C(C)c1c(F)cccc1[NH+]([O-])OC. The van der Waals surface area contributed by atoms with Gasteiger partial charge in [-0.2, -0.15) is 5.23 Å². The first kappa shape index (κ1) is 10.8. The number of rotatable bonds is 3. The molecule has 76 valence electrons. The topological polar surface area (TPSA) is 36.7 Å². The van der Waals surface area contributed by atoms with E-state index < -0.39 is 11.0 Å². The molecule has 14 heavy (non-hydrogen) atoms. The molecule has 1 aromatic rings. The van der Waals surface area contributed by atoms with Crippen LogP contribution in [0.4, 0.5) is 10.1 Å². The normalized spacial score (nSPS) is 12.6. The molecular formula is C10H12FNO2. The van der Waals surface area contributed by atoms with E-state index in [0.717, 1.165) is 0 Å². The van der Waals surface area contributed by atoms with Crippen LogP contribution in [0.3, 0.4) is 0 Å². The molecule has 0 radical (unpaired) electrons. The van der Waals surface area contributed by atoms with Crippen molar-refractivity contribution in [2.24, 2.45) is 0 Å². The number of hydrogen-bond donors (Lipinski definition) is 1. The third-order valence-corrected chi connectivity index (χ3v) is 1.85. The van der Waals surface area contributed by atoms with E-state index >= 15 is 0 Å². The third kappa shape index (κ3) is 1.98. The van der Waals surface area contributed by atoms with Crippen molar-refractivity contribution in [2.45, 2.75) is 6.92 Å². The molecule has 1 atom stereocenters. The summed E-state index contributed by atoms with van der Waals surface area (Å²) >= 11 is 0. The summed E-state index contributed by atoms with van der Waals surface area (Å²) in [6.45, 7) is 5.26. The summed E-state index contributed by atoms with van der Waals surface area (Å²) in [5.41, 5.74) is 0.933. The average molecular weight is 197 g/mol. The molecule has 0 saturated carbocycles. The summed E-state index contributed by atoms with van der Waals surface area (Å²) in [5.74, 6) is -0.458. The molecule has 0 aliphatic rings. The Kier molecular flexibility index (Phi) is 3.35. The highest BCUT2D eigenvalue weighted by Gasteiger charge is 2.14. The summed E-state index contributed by atoms with van der Waals surface area (Å²) in [6.07, 6.45) is 0. The molecule has 0 heterocycles. The summed E-state index contributed by atoms with van der Waals surface area (Å²) < 4.78 is 13.3. The van der Waals surface area contributed by atoms with Gasteiger partial charge in [0, 0.05) is 6.07 Å². The Hall–Kier alpha value is -1.23. The number of halogens is 1. The summed E-state index contributed by atoms with van der Waals surface area (Å²) in [5, 5.41) is 10.7. The maximum absolute atomic E-state index is 13.3. The summed E-state index contributed by atoms with van der Waals surface area (Å²) in [7, 11) is 1.26. The van der Waals surface area contributed by atoms with E-state index in [0.29, 0.717) is 5.57 Å². The van der Waals surface area contributed by atoms with Crippen molar-refractivity contribution in [3.8, 4) is 0 Å². The van der Waals surface area contributed by atoms with Crippen molar-refractivity contribution in [2.75, 3.05) is 7.11 Å². The fraction of sp³-hybridized carbons (Fsp3) is 0.200. The van der Waals surface area contributed by atoms with E-state index in [1.807, 2.05) is 0 Å². The minimum atomic E-state index is -0.553. The van der Waals surface area contributed by atoms with Gasteiger partial charge in [-0.25, -0.2) is 9.23 Å². The van der Waals surface area contributed by atoms with Crippen LogP contribution in [0.1, 0.15) is 12.5 Å². The second-order valence-electron chi connectivity index (χ2n) is 2.93. The summed E-state index contributed by atoms with van der Waals surface area (Å²) in [4.78, 5) is 4.54. The first-order chi connectivity index (χ1) is 6.57. The van der Waals surface area contributed by atoms with Crippen LogP contribution in [0.25, 0.3) is 5.57 Å². The lowest BCUT2D eigenvalue weighted by Crippen LogP contribution is -3.00. The molecule has 3 nitrogen and oxygen atoms in total. The standard InChI is InChI=1S/C10H12FNO2/c1-7(2)10-8(11)5-4-6-9(10)12(13)14-3/h4-6,12H,1H2,2-3H3. The van der Waals surface area contributed by atoms with Crippen molar-refractivity contribution in [3.63, 3.8) is 0 Å². The third-order valence-electron chi connectivity index (χ3n) is 1.85. The van der Waals surface area contributed by atoms with Crippen LogP contribution in [-0.4, -0.2) is 7.11 Å². The number of hydrogen-bond acceptors (Lipinski definition) is 2. The Morgan fingerprint density at radius 2 is 2.21 bits per heavy atom. The molecule has 0 bridgehead atoms. The maximum Gasteiger partial charge on any atom is 0.174 e. The van der Waals surface area contributed by atoms with E-state index in [2.05, 4.69) is 11.4 Å². The van der Waals surface area contributed by atoms with Gasteiger partial charge in [-0.3, -0.25) is 0 Å². The highest BCUT2D eigenvalue weighted by Crippen LogP contribution is 2.22. The zero-order chi connectivity index (χ0) is 10.7. The first-order valence-electron chi connectivity index (χ1n) is 4.10. The molecule has 1 unspecified atom stereocenters. The molecule has 1 rings (SSSR count). The Morgan fingerprint density at radius 1 is 1.57 bits per heavy atom. The number of benzene rings is 1. The minimum absolute atomic E-state index is 0.208. The van der Waals surface area contributed by atoms with E-state index in [9.17, 15) is 9.60 Å². The van der Waals surface area contributed by atoms with Gasteiger partial charge in [0.25, 0.3) is 0 Å². The second-order valence-corrected chi connectivity index (χ2v) is 2.93. The Bertz CT molecular complexity index is 352. The molecule has 0 spiro atoms. The zero-order valence-corrected chi connectivity index (χ0v) is 8.13. The molecule has 0 aromatic heterocycles. The van der Waals surface area contributed by atoms with Crippen LogP contribution in [0.15, 0.2) is 24.8 Å². The number of nitrogens with one attached hydrogen (secondary N) is 1. The molecular weight excluding hydrogens is 185 g/mol. The van der Waals surface area contributed by atoms with Gasteiger partial charge in [-0.15, -0.1) is 0 Å². The van der Waals surface area contributed by atoms with Crippen LogP contribution in [-0.2, 0) is 4.84 Å². The van der Waals surface area contributed by atoms with Gasteiger partial charge in [-0.05, 0) is 18.6 Å². The molecule has 1 aromatic carbocycles. The Balaban J connectivity index is 3.28. The average Bonchev–Trinajstić information content (AvgIpc) is 2.15. The Morgan fingerprint density at radius 3 is 2.71 bits per heavy atom. The molecule has 4 heteroatoms. The van der Waals surface area contributed by atoms with Crippen molar-refractivity contribution < 1.29 is 14.5 Å². The van der Waals surface area contributed by atoms with Gasteiger partial charge in [0.05, 0.1) is 12.7 Å². The predicted octanol–water partition coefficient (Wildman–Crippen LogP) is 1.43. The molecule has 0 amide bonds.